The molecule has 1 aliphatic heterocycles. The van der Waals surface area contributed by atoms with Crippen molar-refractivity contribution in [1.82, 2.24) is 19.5 Å². The van der Waals surface area contributed by atoms with Crippen LogP contribution in [0.1, 0.15) is 76.4 Å². The van der Waals surface area contributed by atoms with Gasteiger partial charge in [0.1, 0.15) is 24.0 Å². The maximum atomic E-state index is 13.5. The van der Waals surface area contributed by atoms with Crippen LogP contribution in [0.5, 0.6) is 5.75 Å². The third-order valence-corrected chi connectivity index (χ3v) is 11.6. The van der Waals surface area contributed by atoms with Crippen LogP contribution in [0.3, 0.4) is 0 Å². The summed E-state index contributed by atoms with van der Waals surface area (Å²) in [6.45, 7) is 9.02. The lowest BCUT2D eigenvalue weighted by molar-refractivity contribution is -0.143. The number of ether oxygens (including phenoxy) is 1. The van der Waals surface area contributed by atoms with E-state index in [0.29, 0.717) is 24.2 Å². The van der Waals surface area contributed by atoms with Crippen molar-refractivity contribution in [2.75, 3.05) is 0 Å². The molecule has 0 radical (unpaired) electrons. The topological polar surface area (TPSA) is 109 Å². The summed E-state index contributed by atoms with van der Waals surface area (Å²) in [6, 6.07) is 22.2. The Kier molecular flexibility index (Phi) is 10.7. The summed E-state index contributed by atoms with van der Waals surface area (Å²) in [6.07, 6.45) is 3.40. The summed E-state index contributed by atoms with van der Waals surface area (Å²) in [4.78, 5) is 25.9. The second-order valence-corrected chi connectivity index (χ2v) is 16.2. The second kappa shape index (κ2) is 15.3. The third kappa shape index (κ3) is 8.18. The first kappa shape index (κ1) is 37.2. The number of aliphatic carboxylic acids is 1. The van der Waals surface area contributed by atoms with E-state index in [1.165, 1.54) is 12.1 Å². The Balaban J connectivity index is 0.000000260. The number of hydrogen-bond donors (Lipinski definition) is 1. The average molecular weight is 800 g/mol. The van der Waals surface area contributed by atoms with Crippen LogP contribution in [0.25, 0.3) is 21.9 Å². The van der Waals surface area contributed by atoms with E-state index in [2.05, 4.69) is 42.6 Å². The average Bonchev–Trinajstić information content (AvgIpc) is 3.85. The van der Waals surface area contributed by atoms with Crippen molar-refractivity contribution in [3.63, 3.8) is 0 Å². The van der Waals surface area contributed by atoms with Crippen LogP contribution in [0.15, 0.2) is 88.2 Å². The van der Waals surface area contributed by atoms with Gasteiger partial charge in [0.05, 0.1) is 50.5 Å². The Morgan fingerprint density at radius 2 is 1.74 bits per heavy atom. The number of nitrogens with zero attached hydrogens (tertiary/aromatic N) is 4. The summed E-state index contributed by atoms with van der Waals surface area (Å²) in [5.74, 6) is -0.153. The highest BCUT2D eigenvalue weighted by molar-refractivity contribution is 9.10. The van der Waals surface area contributed by atoms with Crippen LogP contribution in [-0.4, -0.2) is 48.9 Å². The molecule has 274 valence electrons. The van der Waals surface area contributed by atoms with E-state index in [0.717, 1.165) is 62.8 Å². The molecule has 1 aliphatic carbocycles. The van der Waals surface area contributed by atoms with Crippen LogP contribution in [0.2, 0.25) is 0 Å². The zero-order valence-corrected chi connectivity index (χ0v) is 32.5. The fraction of sp³-hybridized carbons (Fsp3) is 0.350. The van der Waals surface area contributed by atoms with Gasteiger partial charge >= 0.3 is 13.1 Å². The zero-order chi connectivity index (χ0) is 37.3. The lowest BCUT2D eigenvalue weighted by Gasteiger charge is -2.32. The van der Waals surface area contributed by atoms with Crippen molar-refractivity contribution in [1.29, 1.82) is 0 Å². The molecule has 0 spiro atoms. The maximum absolute atomic E-state index is 13.5. The number of fused-ring (bicyclic) bond motifs is 2. The van der Waals surface area contributed by atoms with Crippen molar-refractivity contribution in [2.45, 2.75) is 83.6 Å². The zero-order valence-electron chi connectivity index (χ0n) is 30.1. The predicted octanol–water partition coefficient (Wildman–Crippen LogP) is 8.91. The molecule has 4 heterocycles. The predicted molar refractivity (Wildman–Crippen MR) is 209 cm³/mol. The van der Waals surface area contributed by atoms with Gasteiger partial charge in [-0.3, -0.25) is 9.78 Å². The Morgan fingerprint density at radius 1 is 0.981 bits per heavy atom. The molecule has 2 aliphatic rings. The molecule has 53 heavy (non-hydrogen) atoms. The smallest absolute Gasteiger partial charge is 0.487 e. The van der Waals surface area contributed by atoms with Gasteiger partial charge in [0.2, 0.25) is 0 Å². The lowest BCUT2D eigenvalue weighted by atomic mass is 9.78. The van der Waals surface area contributed by atoms with Gasteiger partial charge in [-0.2, -0.15) is 0 Å². The monoisotopic (exact) mass is 798 g/mol. The van der Waals surface area contributed by atoms with Crippen LogP contribution >= 0.6 is 27.3 Å². The van der Waals surface area contributed by atoms with Crippen molar-refractivity contribution in [3.8, 4) is 5.75 Å². The van der Waals surface area contributed by atoms with Crippen LogP contribution < -0.4 is 10.3 Å². The van der Waals surface area contributed by atoms with Crippen molar-refractivity contribution in [3.05, 3.63) is 111 Å². The van der Waals surface area contributed by atoms with E-state index in [9.17, 15) is 14.3 Å². The largest absolute Gasteiger partial charge is 0.515 e. The first-order chi connectivity index (χ1) is 25.4. The SMILES string of the molecule is CC1(C)OB(c2cscn2)OC1(C)C.O=C(O)[C@@H]1CCCC[C@@H]1c1nc2cc(OCc3ccc4cc(F)ccc4n3)ccc2n1Cc1ccc(Br)cc1. The molecule has 2 atom stereocenters. The number of aromatic nitrogens is 4. The molecule has 3 aromatic carbocycles. The number of thiazole rings is 1. The second-order valence-electron chi connectivity index (χ2n) is 14.6. The molecule has 0 bridgehead atoms. The van der Waals surface area contributed by atoms with E-state index < -0.39 is 11.9 Å². The number of rotatable bonds is 8. The molecule has 1 saturated heterocycles. The number of pyridine rings is 1. The summed E-state index contributed by atoms with van der Waals surface area (Å²) in [5.41, 5.74) is 6.39. The van der Waals surface area contributed by atoms with Gasteiger partial charge in [0.15, 0.2) is 0 Å². The minimum Gasteiger partial charge on any atom is -0.487 e. The standard InChI is InChI=1S/C31H27BrFN3O3.C9H14BNO2S/c32-21-8-5-19(6-9-21)17-36-29-14-12-24(39-18-23-11-7-20-15-22(33)10-13-27(20)34-23)16-28(29)35-30(36)25-3-1-2-4-26(25)31(37)38;1-8(2)9(3,4)13-10(12-8)7-5-14-6-11-7/h5-16,25-26H,1-4,17-18H2,(H,37,38);5-6H,1-4H3/t25-,26+;/m0./s1. The number of carbonyl (C=O) groups is 1. The van der Waals surface area contributed by atoms with Gasteiger partial charge < -0.3 is 23.7 Å². The Hall–Kier alpha value is -4.17. The number of imidazole rings is 1. The maximum Gasteiger partial charge on any atom is 0.515 e. The van der Waals surface area contributed by atoms with E-state index in [4.69, 9.17) is 19.0 Å². The Bertz CT molecular complexity index is 2210. The summed E-state index contributed by atoms with van der Waals surface area (Å²) in [5, 5.41) is 12.7. The van der Waals surface area contributed by atoms with Crippen molar-refractivity contribution < 1.29 is 28.3 Å². The number of carboxylic acid groups (broad SMARTS) is 1. The molecular weight excluding hydrogens is 758 g/mol. The molecule has 3 aromatic heterocycles. The highest BCUT2D eigenvalue weighted by Crippen LogP contribution is 2.40. The molecule has 1 saturated carbocycles. The highest BCUT2D eigenvalue weighted by Gasteiger charge is 2.52. The molecule has 1 N–H and O–H groups in total. The number of carboxylic acids is 1. The van der Waals surface area contributed by atoms with Gasteiger partial charge in [0.25, 0.3) is 0 Å². The molecule has 13 heteroatoms. The number of halogens is 2. The fourth-order valence-corrected chi connectivity index (χ4v) is 7.67. The minimum absolute atomic E-state index is 0.143. The summed E-state index contributed by atoms with van der Waals surface area (Å²) >= 11 is 5.06. The van der Waals surface area contributed by atoms with Crippen LogP contribution in [0.4, 0.5) is 4.39 Å². The van der Waals surface area contributed by atoms with Gasteiger partial charge in [-0.25, -0.2) is 14.4 Å². The van der Waals surface area contributed by atoms with E-state index in [1.807, 2.05) is 75.5 Å². The molecule has 2 fully saturated rings. The van der Waals surface area contributed by atoms with Crippen LogP contribution in [-0.2, 0) is 27.3 Å². The van der Waals surface area contributed by atoms with E-state index >= 15 is 0 Å². The first-order valence-corrected chi connectivity index (χ1v) is 19.5. The molecule has 6 aromatic rings. The van der Waals surface area contributed by atoms with Crippen molar-refractivity contribution in [2.24, 2.45) is 5.92 Å². The summed E-state index contributed by atoms with van der Waals surface area (Å²) < 4.78 is 34.4. The number of hydrogen-bond acceptors (Lipinski definition) is 8. The quantitative estimate of drug-likeness (QED) is 0.152. The molecule has 8 rings (SSSR count). The van der Waals surface area contributed by atoms with Gasteiger partial charge in [-0.15, -0.1) is 11.3 Å². The van der Waals surface area contributed by atoms with E-state index in [-0.39, 0.29) is 36.7 Å². The molecular formula is C40H41BBrFN4O5S. The van der Waals surface area contributed by atoms with Gasteiger partial charge in [-0.1, -0.05) is 47.0 Å². The minimum atomic E-state index is -0.753. The highest BCUT2D eigenvalue weighted by atomic mass is 79.9. The molecule has 0 unspecified atom stereocenters. The number of benzene rings is 3. The van der Waals surface area contributed by atoms with E-state index in [1.54, 1.807) is 22.9 Å². The summed E-state index contributed by atoms with van der Waals surface area (Å²) in [7, 11) is -0.314. The van der Waals surface area contributed by atoms with Crippen LogP contribution in [0, 0.1) is 11.7 Å². The first-order valence-electron chi connectivity index (χ1n) is 17.8. The van der Waals surface area contributed by atoms with Crippen molar-refractivity contribution >= 4 is 67.9 Å². The third-order valence-electron chi connectivity index (χ3n) is 10.5. The fourth-order valence-electron chi connectivity index (χ4n) is 6.85. The normalized spacial score (nSPS) is 19.2. The molecule has 9 nitrogen and oxygen atoms in total. The van der Waals surface area contributed by atoms with Gasteiger partial charge in [-0.05, 0) is 94.6 Å². The Labute approximate surface area is 320 Å². The Morgan fingerprint density at radius 3 is 2.45 bits per heavy atom. The molecule has 0 amide bonds. The lowest BCUT2D eigenvalue weighted by Crippen LogP contribution is -2.41. The van der Waals surface area contributed by atoms with Gasteiger partial charge in [0, 0.05) is 33.8 Å².